The first-order valence-corrected chi connectivity index (χ1v) is 9.36. The normalized spacial score (nSPS) is 24.2. The number of benzene rings is 1. The van der Waals surface area contributed by atoms with Gasteiger partial charge in [0.1, 0.15) is 6.61 Å². The molecule has 5 heteroatoms. The Kier molecular flexibility index (Phi) is 5.27. The zero-order chi connectivity index (χ0) is 17.8. The van der Waals surface area contributed by atoms with Gasteiger partial charge in [-0.1, -0.05) is 30.3 Å². The first-order chi connectivity index (χ1) is 12.8. The number of aromatic nitrogens is 1. The van der Waals surface area contributed by atoms with Crippen LogP contribution in [0, 0.1) is 0 Å². The maximum absolute atomic E-state index is 12.5. The second kappa shape index (κ2) is 7.98. The lowest BCUT2D eigenvalue weighted by Gasteiger charge is -2.40. The smallest absolute Gasteiger partial charge is 0.249 e. The van der Waals surface area contributed by atoms with Crippen molar-refractivity contribution in [3.05, 3.63) is 66.0 Å². The van der Waals surface area contributed by atoms with Crippen LogP contribution in [0.5, 0.6) is 0 Å². The third kappa shape index (κ3) is 3.94. The average Bonchev–Trinajstić information content (AvgIpc) is 2.88. The Morgan fingerprint density at radius 3 is 2.50 bits per heavy atom. The quantitative estimate of drug-likeness (QED) is 0.849. The molecule has 1 amide bonds. The second-order valence-corrected chi connectivity index (χ2v) is 7.13. The SMILES string of the molecule is O=C1CO[C@H]2CCN(Cc3ccncc3)CC[C@@H]2N1Cc1ccccc1. The number of carbonyl (C=O) groups is 1. The topological polar surface area (TPSA) is 45.7 Å². The van der Waals surface area contributed by atoms with E-state index >= 15 is 0 Å². The van der Waals surface area contributed by atoms with Crippen LogP contribution in [-0.4, -0.2) is 52.5 Å². The van der Waals surface area contributed by atoms with Crippen LogP contribution in [0.2, 0.25) is 0 Å². The molecule has 0 bridgehead atoms. The lowest BCUT2D eigenvalue weighted by molar-refractivity contribution is -0.158. The fraction of sp³-hybridized carbons (Fsp3) is 0.429. The number of ether oxygens (including phenoxy) is 1. The molecule has 5 nitrogen and oxygen atoms in total. The Hall–Kier alpha value is -2.24. The minimum atomic E-state index is 0.109. The van der Waals surface area contributed by atoms with E-state index in [4.69, 9.17) is 4.74 Å². The summed E-state index contributed by atoms with van der Waals surface area (Å²) in [6, 6.07) is 14.5. The van der Waals surface area contributed by atoms with Crippen LogP contribution in [0.4, 0.5) is 0 Å². The number of fused-ring (bicyclic) bond motifs is 1. The lowest BCUT2D eigenvalue weighted by atomic mass is 10.0. The van der Waals surface area contributed by atoms with Crippen LogP contribution in [0.25, 0.3) is 0 Å². The van der Waals surface area contributed by atoms with Crippen LogP contribution >= 0.6 is 0 Å². The molecule has 3 heterocycles. The molecule has 0 radical (unpaired) electrons. The predicted octanol–water partition coefficient (Wildman–Crippen LogP) is 2.47. The average molecular weight is 351 g/mol. The summed E-state index contributed by atoms with van der Waals surface area (Å²) in [5.74, 6) is 0.109. The van der Waals surface area contributed by atoms with Gasteiger partial charge in [-0.25, -0.2) is 0 Å². The lowest BCUT2D eigenvalue weighted by Crippen LogP contribution is -2.53. The molecule has 2 fully saturated rings. The summed E-state index contributed by atoms with van der Waals surface area (Å²) < 4.78 is 5.91. The van der Waals surface area contributed by atoms with E-state index in [1.165, 1.54) is 11.1 Å². The summed E-state index contributed by atoms with van der Waals surface area (Å²) in [6.45, 7) is 3.78. The van der Waals surface area contributed by atoms with Crippen molar-refractivity contribution in [3.8, 4) is 0 Å². The molecule has 0 aliphatic carbocycles. The molecule has 2 saturated heterocycles. The van der Waals surface area contributed by atoms with Gasteiger partial charge in [0, 0.05) is 38.6 Å². The summed E-state index contributed by atoms with van der Waals surface area (Å²) in [5, 5.41) is 0. The number of pyridine rings is 1. The molecule has 0 spiro atoms. The molecule has 136 valence electrons. The molecule has 0 unspecified atom stereocenters. The monoisotopic (exact) mass is 351 g/mol. The highest BCUT2D eigenvalue weighted by atomic mass is 16.5. The molecule has 2 atom stereocenters. The van der Waals surface area contributed by atoms with Crippen molar-refractivity contribution in [1.82, 2.24) is 14.8 Å². The minimum absolute atomic E-state index is 0.109. The van der Waals surface area contributed by atoms with Gasteiger partial charge in [0.2, 0.25) is 5.91 Å². The van der Waals surface area contributed by atoms with E-state index in [9.17, 15) is 4.79 Å². The third-order valence-corrected chi connectivity index (χ3v) is 5.39. The van der Waals surface area contributed by atoms with Crippen molar-refractivity contribution < 1.29 is 9.53 Å². The van der Waals surface area contributed by atoms with Gasteiger partial charge < -0.3 is 9.64 Å². The fourth-order valence-corrected chi connectivity index (χ4v) is 4.00. The number of hydrogen-bond donors (Lipinski definition) is 0. The molecular formula is C21H25N3O2. The number of rotatable bonds is 4. The van der Waals surface area contributed by atoms with Gasteiger partial charge >= 0.3 is 0 Å². The van der Waals surface area contributed by atoms with E-state index in [2.05, 4.69) is 34.1 Å². The number of nitrogens with zero attached hydrogens (tertiary/aromatic N) is 3. The van der Waals surface area contributed by atoms with Crippen molar-refractivity contribution in [2.24, 2.45) is 0 Å². The first kappa shape index (κ1) is 17.2. The zero-order valence-corrected chi connectivity index (χ0v) is 15.0. The van der Waals surface area contributed by atoms with Crippen LogP contribution in [0.15, 0.2) is 54.9 Å². The van der Waals surface area contributed by atoms with Gasteiger partial charge in [-0.05, 0) is 36.1 Å². The number of amides is 1. The number of hydrogen-bond acceptors (Lipinski definition) is 4. The molecule has 1 aromatic heterocycles. The van der Waals surface area contributed by atoms with Crippen LogP contribution in [0.3, 0.4) is 0 Å². The highest BCUT2D eigenvalue weighted by Crippen LogP contribution is 2.26. The highest BCUT2D eigenvalue weighted by Gasteiger charge is 2.38. The van der Waals surface area contributed by atoms with Gasteiger partial charge in [-0.3, -0.25) is 14.7 Å². The van der Waals surface area contributed by atoms with E-state index in [1.807, 2.05) is 35.5 Å². The fourth-order valence-electron chi connectivity index (χ4n) is 4.00. The van der Waals surface area contributed by atoms with Crippen molar-refractivity contribution >= 4 is 5.91 Å². The summed E-state index contributed by atoms with van der Waals surface area (Å²) in [4.78, 5) is 21.1. The van der Waals surface area contributed by atoms with Gasteiger partial charge in [-0.2, -0.15) is 0 Å². The minimum Gasteiger partial charge on any atom is -0.366 e. The highest BCUT2D eigenvalue weighted by molar-refractivity contribution is 5.78. The van der Waals surface area contributed by atoms with Crippen LogP contribution in [0.1, 0.15) is 24.0 Å². The van der Waals surface area contributed by atoms with Crippen molar-refractivity contribution in [2.75, 3.05) is 19.7 Å². The standard InChI is InChI=1S/C21H25N3O2/c25-21-16-26-20-9-13-23(14-18-6-10-22-11-7-18)12-8-19(20)24(21)15-17-4-2-1-3-5-17/h1-7,10-11,19-20H,8-9,12-16H2/t19-,20-/m0/s1. The summed E-state index contributed by atoms with van der Waals surface area (Å²) in [7, 11) is 0. The molecule has 4 rings (SSSR count). The number of carbonyl (C=O) groups excluding carboxylic acids is 1. The van der Waals surface area contributed by atoms with Crippen LogP contribution in [-0.2, 0) is 22.6 Å². The van der Waals surface area contributed by atoms with Gasteiger partial charge in [0.05, 0.1) is 12.1 Å². The van der Waals surface area contributed by atoms with Gasteiger partial charge in [0.15, 0.2) is 0 Å². The van der Waals surface area contributed by atoms with E-state index in [0.717, 1.165) is 32.5 Å². The second-order valence-electron chi connectivity index (χ2n) is 7.13. The summed E-state index contributed by atoms with van der Waals surface area (Å²) >= 11 is 0. The van der Waals surface area contributed by atoms with Crippen LogP contribution < -0.4 is 0 Å². The van der Waals surface area contributed by atoms with E-state index in [-0.39, 0.29) is 24.7 Å². The Balaban J connectivity index is 1.45. The number of likely N-dealkylation sites (tertiary alicyclic amines) is 1. The summed E-state index contributed by atoms with van der Waals surface area (Å²) in [6.07, 6.45) is 5.74. The third-order valence-electron chi connectivity index (χ3n) is 5.39. The molecule has 1 aromatic carbocycles. The molecular weight excluding hydrogens is 326 g/mol. The van der Waals surface area contributed by atoms with Crippen molar-refractivity contribution in [3.63, 3.8) is 0 Å². The van der Waals surface area contributed by atoms with Crippen molar-refractivity contribution in [2.45, 2.75) is 38.1 Å². The van der Waals surface area contributed by atoms with Gasteiger partial charge in [0.25, 0.3) is 0 Å². The van der Waals surface area contributed by atoms with E-state index in [1.54, 1.807) is 0 Å². The van der Waals surface area contributed by atoms with Gasteiger partial charge in [-0.15, -0.1) is 0 Å². The maximum Gasteiger partial charge on any atom is 0.249 e. The molecule has 0 N–H and O–H groups in total. The summed E-state index contributed by atoms with van der Waals surface area (Å²) in [5.41, 5.74) is 2.46. The Morgan fingerprint density at radius 1 is 0.962 bits per heavy atom. The molecule has 2 aliphatic rings. The maximum atomic E-state index is 12.5. The Labute approximate surface area is 154 Å². The predicted molar refractivity (Wildman–Crippen MR) is 99.3 cm³/mol. The molecule has 2 aromatic rings. The largest absolute Gasteiger partial charge is 0.366 e. The van der Waals surface area contributed by atoms with E-state index in [0.29, 0.717) is 6.54 Å². The molecule has 26 heavy (non-hydrogen) atoms. The van der Waals surface area contributed by atoms with Crippen molar-refractivity contribution in [1.29, 1.82) is 0 Å². The van der Waals surface area contributed by atoms with E-state index < -0.39 is 0 Å². The molecule has 0 saturated carbocycles. The zero-order valence-electron chi connectivity index (χ0n) is 15.0. The first-order valence-electron chi connectivity index (χ1n) is 9.36. The number of morpholine rings is 1. The Bertz CT molecular complexity index is 723. The molecule has 2 aliphatic heterocycles. The Morgan fingerprint density at radius 2 is 1.69 bits per heavy atom.